The molecule has 0 saturated heterocycles. The highest BCUT2D eigenvalue weighted by atomic mass is 32.2. The average molecular weight is 232 g/mol. The fourth-order valence-electron chi connectivity index (χ4n) is 2.15. The smallest absolute Gasteiger partial charge is 0.140 e. The Balaban J connectivity index is 1.78. The first kappa shape index (κ1) is 11.5. The van der Waals surface area contributed by atoms with Crippen molar-refractivity contribution in [1.29, 1.82) is 5.26 Å². The molecule has 16 heavy (non-hydrogen) atoms. The number of pyridine rings is 1. The molecule has 1 aromatic rings. The monoisotopic (exact) mass is 232 g/mol. The molecule has 0 atom stereocenters. The molecule has 1 saturated carbocycles. The van der Waals surface area contributed by atoms with E-state index in [1.54, 1.807) is 6.20 Å². The molecule has 1 aromatic heterocycles. The Morgan fingerprint density at radius 3 is 3.00 bits per heavy atom. The van der Waals surface area contributed by atoms with Crippen LogP contribution in [0.1, 0.15) is 36.9 Å². The van der Waals surface area contributed by atoms with Gasteiger partial charge in [-0.15, -0.1) is 0 Å². The second-order valence-corrected chi connectivity index (χ2v) is 5.36. The summed E-state index contributed by atoms with van der Waals surface area (Å²) in [5, 5.41) is 8.74. The molecule has 0 radical (unpaired) electrons. The topological polar surface area (TPSA) is 36.7 Å². The van der Waals surface area contributed by atoms with Crippen LogP contribution in [-0.4, -0.2) is 10.7 Å². The van der Waals surface area contributed by atoms with Gasteiger partial charge in [-0.1, -0.05) is 12.8 Å². The Labute approximate surface area is 101 Å². The SMILES string of the molecule is N#Cc1cc(CSCC2CCCC2)ccn1. The van der Waals surface area contributed by atoms with Crippen LogP contribution in [0.2, 0.25) is 0 Å². The van der Waals surface area contributed by atoms with Crippen molar-refractivity contribution in [3.8, 4) is 6.07 Å². The maximum Gasteiger partial charge on any atom is 0.140 e. The molecule has 1 aliphatic carbocycles. The molecule has 2 rings (SSSR count). The van der Waals surface area contributed by atoms with Crippen molar-refractivity contribution in [1.82, 2.24) is 4.98 Å². The molecule has 0 N–H and O–H groups in total. The minimum atomic E-state index is 0.527. The van der Waals surface area contributed by atoms with Crippen LogP contribution in [0, 0.1) is 17.2 Å². The molecule has 2 nitrogen and oxygen atoms in total. The van der Waals surface area contributed by atoms with Crippen LogP contribution in [0.15, 0.2) is 18.3 Å². The van der Waals surface area contributed by atoms with E-state index in [9.17, 15) is 0 Å². The minimum absolute atomic E-state index is 0.527. The third-order valence-electron chi connectivity index (χ3n) is 3.04. The lowest BCUT2D eigenvalue weighted by atomic mass is 10.1. The maximum atomic E-state index is 8.74. The second-order valence-electron chi connectivity index (χ2n) is 4.33. The molecule has 0 unspecified atom stereocenters. The van der Waals surface area contributed by atoms with Crippen LogP contribution in [-0.2, 0) is 5.75 Å². The zero-order valence-electron chi connectivity index (χ0n) is 9.35. The number of nitriles is 1. The van der Waals surface area contributed by atoms with E-state index in [2.05, 4.69) is 11.1 Å². The quantitative estimate of drug-likeness (QED) is 0.798. The van der Waals surface area contributed by atoms with Crippen LogP contribution >= 0.6 is 11.8 Å². The first-order valence-corrected chi connectivity index (χ1v) is 6.97. The molecule has 0 aliphatic heterocycles. The number of rotatable bonds is 4. The van der Waals surface area contributed by atoms with Gasteiger partial charge in [-0.3, -0.25) is 0 Å². The lowest BCUT2D eigenvalue weighted by Crippen LogP contribution is -1.97. The Kier molecular flexibility index (Phi) is 4.24. The van der Waals surface area contributed by atoms with Gasteiger partial charge in [-0.25, -0.2) is 4.98 Å². The fourth-order valence-corrected chi connectivity index (χ4v) is 3.35. The van der Waals surface area contributed by atoms with E-state index < -0.39 is 0 Å². The first-order valence-electron chi connectivity index (χ1n) is 5.81. The van der Waals surface area contributed by atoms with Gasteiger partial charge in [0.05, 0.1) is 0 Å². The number of nitrogens with zero attached hydrogens (tertiary/aromatic N) is 2. The van der Waals surface area contributed by atoms with E-state index in [0.29, 0.717) is 5.69 Å². The van der Waals surface area contributed by atoms with Gasteiger partial charge >= 0.3 is 0 Å². The largest absolute Gasteiger partial charge is 0.246 e. The van der Waals surface area contributed by atoms with Crippen molar-refractivity contribution in [3.63, 3.8) is 0 Å². The van der Waals surface area contributed by atoms with Crippen molar-refractivity contribution < 1.29 is 0 Å². The van der Waals surface area contributed by atoms with Crippen LogP contribution < -0.4 is 0 Å². The van der Waals surface area contributed by atoms with E-state index in [0.717, 1.165) is 11.7 Å². The summed E-state index contributed by atoms with van der Waals surface area (Å²) in [5.74, 6) is 3.21. The van der Waals surface area contributed by atoms with Gasteiger partial charge in [0.2, 0.25) is 0 Å². The van der Waals surface area contributed by atoms with E-state index in [-0.39, 0.29) is 0 Å². The Morgan fingerprint density at radius 1 is 1.44 bits per heavy atom. The predicted octanol–water partition coefficient (Wildman–Crippen LogP) is 3.38. The van der Waals surface area contributed by atoms with Crippen molar-refractivity contribution >= 4 is 11.8 Å². The van der Waals surface area contributed by atoms with Gasteiger partial charge in [-0.2, -0.15) is 17.0 Å². The molecule has 84 valence electrons. The van der Waals surface area contributed by atoms with Crippen molar-refractivity contribution in [2.24, 2.45) is 5.92 Å². The van der Waals surface area contributed by atoms with Gasteiger partial charge in [0.15, 0.2) is 0 Å². The summed E-state index contributed by atoms with van der Waals surface area (Å²) >= 11 is 1.99. The predicted molar refractivity (Wildman–Crippen MR) is 67.1 cm³/mol. The van der Waals surface area contributed by atoms with Gasteiger partial charge < -0.3 is 0 Å². The molecule has 0 aromatic carbocycles. The van der Waals surface area contributed by atoms with E-state index in [1.807, 2.05) is 23.9 Å². The lowest BCUT2D eigenvalue weighted by Gasteiger charge is -2.07. The van der Waals surface area contributed by atoms with Crippen LogP contribution in [0.3, 0.4) is 0 Å². The number of thioether (sulfide) groups is 1. The maximum absolute atomic E-state index is 8.74. The highest BCUT2D eigenvalue weighted by Crippen LogP contribution is 2.28. The van der Waals surface area contributed by atoms with Crippen LogP contribution in [0.5, 0.6) is 0 Å². The molecule has 1 heterocycles. The summed E-state index contributed by atoms with van der Waals surface area (Å²) in [6.07, 6.45) is 7.38. The van der Waals surface area contributed by atoms with Crippen molar-refractivity contribution in [2.45, 2.75) is 31.4 Å². The summed E-state index contributed by atoms with van der Waals surface area (Å²) in [6, 6.07) is 5.97. The number of aromatic nitrogens is 1. The van der Waals surface area contributed by atoms with Crippen LogP contribution in [0.4, 0.5) is 0 Å². The third-order valence-corrected chi connectivity index (χ3v) is 4.28. The van der Waals surface area contributed by atoms with E-state index in [1.165, 1.54) is 37.0 Å². The first-order chi connectivity index (χ1) is 7.88. The normalized spacial score (nSPS) is 16.2. The molecular formula is C13H16N2S. The van der Waals surface area contributed by atoms with Gasteiger partial charge in [0.1, 0.15) is 11.8 Å². The molecule has 0 amide bonds. The molecule has 3 heteroatoms. The zero-order valence-corrected chi connectivity index (χ0v) is 10.2. The Bertz CT molecular complexity index is 378. The Morgan fingerprint density at radius 2 is 2.25 bits per heavy atom. The number of hydrogen-bond acceptors (Lipinski definition) is 3. The average Bonchev–Trinajstić information content (AvgIpc) is 2.82. The Hall–Kier alpha value is -1.01. The molecule has 0 spiro atoms. The van der Waals surface area contributed by atoms with Gasteiger partial charge in [0, 0.05) is 11.9 Å². The summed E-state index contributed by atoms with van der Waals surface area (Å²) in [7, 11) is 0. The fraction of sp³-hybridized carbons (Fsp3) is 0.538. The minimum Gasteiger partial charge on any atom is -0.246 e. The van der Waals surface area contributed by atoms with E-state index >= 15 is 0 Å². The standard InChI is InChI=1S/C13H16N2S/c14-8-13-7-12(5-6-15-13)10-16-9-11-3-1-2-4-11/h5-7,11H,1-4,9-10H2. The lowest BCUT2D eigenvalue weighted by molar-refractivity contribution is 0.623. The number of hydrogen-bond donors (Lipinski definition) is 0. The van der Waals surface area contributed by atoms with Crippen molar-refractivity contribution in [3.05, 3.63) is 29.6 Å². The highest BCUT2D eigenvalue weighted by molar-refractivity contribution is 7.98. The van der Waals surface area contributed by atoms with Gasteiger partial charge in [0.25, 0.3) is 0 Å². The van der Waals surface area contributed by atoms with Crippen molar-refractivity contribution in [2.75, 3.05) is 5.75 Å². The van der Waals surface area contributed by atoms with Crippen LogP contribution in [0.25, 0.3) is 0 Å². The second kappa shape index (κ2) is 5.91. The third kappa shape index (κ3) is 3.24. The molecule has 0 bridgehead atoms. The van der Waals surface area contributed by atoms with E-state index in [4.69, 9.17) is 5.26 Å². The highest BCUT2D eigenvalue weighted by Gasteiger charge is 2.14. The summed E-state index contributed by atoms with van der Waals surface area (Å²) in [4.78, 5) is 3.97. The molecule has 1 fully saturated rings. The van der Waals surface area contributed by atoms with Gasteiger partial charge in [-0.05, 0) is 42.2 Å². The molecule has 1 aliphatic rings. The summed E-state index contributed by atoms with van der Waals surface area (Å²) < 4.78 is 0. The summed E-state index contributed by atoms with van der Waals surface area (Å²) in [5.41, 5.74) is 1.74. The molecular weight excluding hydrogens is 216 g/mol. The summed E-state index contributed by atoms with van der Waals surface area (Å²) in [6.45, 7) is 0. The zero-order chi connectivity index (χ0) is 11.2.